The second kappa shape index (κ2) is 5.65. The highest BCUT2D eigenvalue weighted by Crippen LogP contribution is 2.59. The Morgan fingerprint density at radius 2 is 1.67 bits per heavy atom. The minimum atomic E-state index is -0.390. The second-order valence-electron chi connectivity index (χ2n) is 8.20. The Morgan fingerprint density at radius 1 is 1.08 bits per heavy atom. The Bertz CT molecular complexity index is 646. The second-order valence-corrected chi connectivity index (χ2v) is 8.20. The molecule has 4 fully saturated rings. The van der Waals surface area contributed by atoms with E-state index in [0.717, 1.165) is 23.5 Å². The standard InChI is InChI=1S/C21H26O3/c1-13(2)20(22)23-18-4-6-19(7-5-18)24-21-11-15-8-16(12-21)10-17(9-15)14(21)3/h4-7,14-17H,1,8-12H2,2-3H3. The third-order valence-electron chi connectivity index (χ3n) is 6.45. The van der Waals surface area contributed by atoms with Gasteiger partial charge in [0.2, 0.25) is 0 Å². The average molecular weight is 326 g/mol. The van der Waals surface area contributed by atoms with E-state index in [9.17, 15) is 4.79 Å². The number of rotatable bonds is 4. The van der Waals surface area contributed by atoms with Crippen LogP contribution in [0.3, 0.4) is 0 Å². The smallest absolute Gasteiger partial charge is 0.338 e. The van der Waals surface area contributed by atoms with Gasteiger partial charge in [0.15, 0.2) is 0 Å². The quantitative estimate of drug-likeness (QED) is 0.454. The van der Waals surface area contributed by atoms with Crippen molar-refractivity contribution in [3.63, 3.8) is 0 Å². The van der Waals surface area contributed by atoms with E-state index in [0.29, 0.717) is 17.2 Å². The van der Waals surface area contributed by atoms with Gasteiger partial charge in [-0.15, -0.1) is 0 Å². The van der Waals surface area contributed by atoms with Gasteiger partial charge in [-0.25, -0.2) is 4.79 Å². The zero-order valence-corrected chi connectivity index (χ0v) is 14.6. The Balaban J connectivity index is 1.49. The van der Waals surface area contributed by atoms with Gasteiger partial charge in [0.25, 0.3) is 0 Å². The van der Waals surface area contributed by atoms with Crippen molar-refractivity contribution in [3.05, 3.63) is 36.4 Å². The van der Waals surface area contributed by atoms with E-state index in [1.807, 2.05) is 12.1 Å². The Labute approximate surface area is 144 Å². The molecule has 3 atom stereocenters. The highest BCUT2D eigenvalue weighted by molar-refractivity contribution is 5.88. The number of hydrogen-bond donors (Lipinski definition) is 0. The first-order valence-corrected chi connectivity index (χ1v) is 9.12. The van der Waals surface area contributed by atoms with Gasteiger partial charge in [-0.1, -0.05) is 13.5 Å². The summed E-state index contributed by atoms with van der Waals surface area (Å²) in [5, 5.41) is 0. The molecule has 128 valence electrons. The fraction of sp³-hybridized carbons (Fsp3) is 0.571. The van der Waals surface area contributed by atoms with E-state index in [4.69, 9.17) is 9.47 Å². The van der Waals surface area contributed by atoms with Gasteiger partial charge in [-0.2, -0.15) is 0 Å². The van der Waals surface area contributed by atoms with E-state index < -0.39 is 5.97 Å². The monoisotopic (exact) mass is 326 g/mol. The van der Waals surface area contributed by atoms with Gasteiger partial charge in [-0.05, 0) is 87.0 Å². The summed E-state index contributed by atoms with van der Waals surface area (Å²) in [6.07, 6.45) is 6.61. The molecule has 0 aliphatic heterocycles. The van der Waals surface area contributed by atoms with E-state index in [2.05, 4.69) is 13.5 Å². The van der Waals surface area contributed by atoms with Crippen molar-refractivity contribution in [3.8, 4) is 11.5 Å². The molecule has 3 unspecified atom stereocenters. The van der Waals surface area contributed by atoms with Gasteiger partial charge >= 0.3 is 5.97 Å². The van der Waals surface area contributed by atoms with Crippen LogP contribution in [0.4, 0.5) is 0 Å². The van der Waals surface area contributed by atoms with Crippen molar-refractivity contribution in [1.82, 2.24) is 0 Å². The van der Waals surface area contributed by atoms with Crippen LogP contribution in [0.1, 0.15) is 46.0 Å². The van der Waals surface area contributed by atoms with Crippen molar-refractivity contribution >= 4 is 5.97 Å². The van der Waals surface area contributed by atoms with Crippen LogP contribution in [0, 0.1) is 23.7 Å². The Kier molecular flexibility index (Phi) is 3.70. The SMILES string of the molecule is C=C(C)C(=O)Oc1ccc(OC23CC4CC(CC(C4)C2C)C3)cc1. The summed E-state index contributed by atoms with van der Waals surface area (Å²) < 4.78 is 11.8. The van der Waals surface area contributed by atoms with Crippen LogP contribution in [0.5, 0.6) is 11.5 Å². The largest absolute Gasteiger partial charge is 0.487 e. The molecule has 3 heteroatoms. The number of hydrogen-bond acceptors (Lipinski definition) is 3. The van der Waals surface area contributed by atoms with Gasteiger partial charge < -0.3 is 9.47 Å². The average Bonchev–Trinajstić information content (AvgIpc) is 2.53. The molecule has 4 bridgehead atoms. The topological polar surface area (TPSA) is 35.5 Å². The lowest BCUT2D eigenvalue weighted by molar-refractivity contribution is -0.149. The minimum Gasteiger partial charge on any atom is -0.487 e. The van der Waals surface area contributed by atoms with E-state index >= 15 is 0 Å². The van der Waals surface area contributed by atoms with Crippen LogP contribution in [0.25, 0.3) is 0 Å². The van der Waals surface area contributed by atoms with Crippen LogP contribution in [-0.4, -0.2) is 11.6 Å². The third kappa shape index (κ3) is 2.64. The molecule has 0 amide bonds. The van der Waals surface area contributed by atoms with E-state index in [1.165, 1.54) is 32.1 Å². The molecule has 0 aromatic heterocycles. The number of ether oxygens (including phenoxy) is 2. The molecule has 5 rings (SSSR count). The van der Waals surface area contributed by atoms with Crippen LogP contribution in [-0.2, 0) is 4.79 Å². The van der Waals surface area contributed by atoms with Crippen molar-refractivity contribution in [2.45, 2.75) is 51.6 Å². The van der Waals surface area contributed by atoms with Crippen LogP contribution < -0.4 is 9.47 Å². The summed E-state index contributed by atoms with van der Waals surface area (Å²) in [5.41, 5.74) is 0.419. The molecule has 0 heterocycles. The maximum Gasteiger partial charge on any atom is 0.338 e. The van der Waals surface area contributed by atoms with Crippen molar-refractivity contribution < 1.29 is 14.3 Å². The number of carbonyl (C=O) groups excluding carboxylic acids is 1. The lowest BCUT2D eigenvalue weighted by atomic mass is 9.50. The first-order chi connectivity index (χ1) is 11.4. The minimum absolute atomic E-state index is 0.0185. The van der Waals surface area contributed by atoms with Gasteiger partial charge in [-0.3, -0.25) is 0 Å². The normalized spacial score (nSPS) is 36.4. The van der Waals surface area contributed by atoms with E-state index in [1.54, 1.807) is 19.1 Å². The highest BCUT2D eigenvalue weighted by Gasteiger charge is 2.56. The lowest BCUT2D eigenvalue weighted by Crippen LogP contribution is -2.59. The molecular weight excluding hydrogens is 300 g/mol. The van der Waals surface area contributed by atoms with Crippen LogP contribution >= 0.6 is 0 Å². The van der Waals surface area contributed by atoms with Gasteiger partial charge in [0, 0.05) is 5.57 Å². The van der Waals surface area contributed by atoms with Crippen molar-refractivity contribution in [2.75, 3.05) is 0 Å². The highest BCUT2D eigenvalue weighted by atomic mass is 16.5. The Morgan fingerprint density at radius 3 is 2.25 bits per heavy atom. The molecule has 1 aromatic rings. The first-order valence-electron chi connectivity index (χ1n) is 9.12. The third-order valence-corrected chi connectivity index (χ3v) is 6.45. The summed E-state index contributed by atoms with van der Waals surface area (Å²) in [6, 6.07) is 7.46. The summed E-state index contributed by atoms with van der Waals surface area (Å²) in [7, 11) is 0. The number of esters is 1. The molecule has 0 N–H and O–H groups in total. The fourth-order valence-electron chi connectivity index (χ4n) is 5.40. The van der Waals surface area contributed by atoms with Crippen molar-refractivity contribution in [1.29, 1.82) is 0 Å². The molecule has 4 saturated carbocycles. The Hall–Kier alpha value is -1.77. The fourth-order valence-corrected chi connectivity index (χ4v) is 5.40. The molecule has 24 heavy (non-hydrogen) atoms. The summed E-state index contributed by atoms with van der Waals surface area (Å²) in [4.78, 5) is 11.6. The van der Waals surface area contributed by atoms with Gasteiger partial charge in [0.1, 0.15) is 17.1 Å². The number of carbonyl (C=O) groups is 1. The zero-order valence-electron chi connectivity index (χ0n) is 14.6. The zero-order chi connectivity index (χ0) is 16.9. The molecule has 3 nitrogen and oxygen atoms in total. The van der Waals surface area contributed by atoms with Gasteiger partial charge in [0.05, 0.1) is 0 Å². The van der Waals surface area contributed by atoms with E-state index in [-0.39, 0.29) is 5.60 Å². The summed E-state index contributed by atoms with van der Waals surface area (Å²) in [6.45, 7) is 7.63. The number of benzene rings is 1. The summed E-state index contributed by atoms with van der Waals surface area (Å²) >= 11 is 0. The molecule has 4 aliphatic rings. The lowest BCUT2D eigenvalue weighted by Gasteiger charge is -2.59. The van der Waals surface area contributed by atoms with Crippen LogP contribution in [0.15, 0.2) is 36.4 Å². The molecule has 4 aliphatic carbocycles. The molecular formula is C21H26O3. The molecule has 0 saturated heterocycles. The summed E-state index contributed by atoms with van der Waals surface area (Å²) in [5.74, 6) is 4.22. The first kappa shape index (κ1) is 15.7. The van der Waals surface area contributed by atoms with Crippen LogP contribution in [0.2, 0.25) is 0 Å². The van der Waals surface area contributed by atoms with Crippen molar-refractivity contribution in [2.24, 2.45) is 23.7 Å². The molecule has 1 aromatic carbocycles. The molecule has 0 radical (unpaired) electrons. The predicted octanol–water partition coefficient (Wildman–Crippen LogP) is 4.76. The maximum absolute atomic E-state index is 11.6. The maximum atomic E-state index is 11.6. The molecule has 0 spiro atoms. The predicted molar refractivity (Wildman–Crippen MR) is 93.0 cm³/mol.